The van der Waals surface area contributed by atoms with Gasteiger partial charge < -0.3 is 10.6 Å². The summed E-state index contributed by atoms with van der Waals surface area (Å²) in [6.07, 6.45) is 0. The second-order valence-corrected chi connectivity index (χ2v) is 6.41. The number of guanidine groups is 1. The Kier molecular flexibility index (Phi) is 6.05. The van der Waals surface area contributed by atoms with Crippen LogP contribution in [0.5, 0.6) is 0 Å². The van der Waals surface area contributed by atoms with Crippen LogP contribution >= 0.6 is 0 Å². The van der Waals surface area contributed by atoms with Crippen LogP contribution in [0.3, 0.4) is 0 Å². The fraction of sp³-hybridized carbons (Fsp3) is 0.588. The van der Waals surface area contributed by atoms with Gasteiger partial charge >= 0.3 is 0 Å². The molecule has 0 bridgehead atoms. The molecule has 3 nitrogen and oxygen atoms in total. The fourth-order valence-corrected chi connectivity index (χ4v) is 1.97. The second kappa shape index (κ2) is 7.32. The number of rotatable bonds is 4. The van der Waals surface area contributed by atoms with Gasteiger partial charge in [-0.2, -0.15) is 0 Å². The lowest BCUT2D eigenvalue weighted by molar-refractivity contribution is 0.501. The number of benzene rings is 1. The predicted octanol–water partition coefficient (Wildman–Crippen LogP) is 3.45. The van der Waals surface area contributed by atoms with E-state index in [9.17, 15) is 0 Å². The number of hydrogen-bond donors (Lipinski definition) is 2. The van der Waals surface area contributed by atoms with Crippen molar-refractivity contribution in [3.63, 3.8) is 0 Å². The minimum absolute atomic E-state index is 0.0214. The number of nitrogens with zero attached hydrogens (tertiary/aromatic N) is 1. The molecule has 1 aromatic carbocycles. The van der Waals surface area contributed by atoms with Crippen molar-refractivity contribution >= 4 is 5.96 Å². The summed E-state index contributed by atoms with van der Waals surface area (Å²) >= 11 is 0. The van der Waals surface area contributed by atoms with Crippen LogP contribution in [0.4, 0.5) is 0 Å². The van der Waals surface area contributed by atoms with Crippen LogP contribution in [0.2, 0.25) is 0 Å². The zero-order valence-corrected chi connectivity index (χ0v) is 13.7. The number of aryl methyl sites for hydroxylation is 1. The monoisotopic (exact) mass is 275 g/mol. The van der Waals surface area contributed by atoms with Crippen LogP contribution in [0.25, 0.3) is 0 Å². The molecule has 0 heterocycles. The maximum absolute atomic E-state index is 4.70. The first-order valence-electron chi connectivity index (χ1n) is 7.45. The summed E-state index contributed by atoms with van der Waals surface area (Å²) in [6, 6.07) is 8.66. The highest BCUT2D eigenvalue weighted by Crippen LogP contribution is 2.16. The molecule has 0 spiro atoms. The molecule has 1 rings (SSSR count). The first-order valence-corrected chi connectivity index (χ1v) is 7.45. The van der Waals surface area contributed by atoms with Gasteiger partial charge in [-0.05, 0) is 40.2 Å². The van der Waals surface area contributed by atoms with E-state index in [1.807, 2.05) is 0 Å². The molecule has 20 heavy (non-hydrogen) atoms. The van der Waals surface area contributed by atoms with Crippen molar-refractivity contribution in [1.29, 1.82) is 0 Å². The van der Waals surface area contributed by atoms with Crippen molar-refractivity contribution in [3.05, 3.63) is 35.4 Å². The molecular formula is C17H29N3. The quantitative estimate of drug-likeness (QED) is 0.652. The van der Waals surface area contributed by atoms with Crippen LogP contribution in [0.15, 0.2) is 29.3 Å². The van der Waals surface area contributed by atoms with E-state index in [0.29, 0.717) is 5.92 Å². The van der Waals surface area contributed by atoms with E-state index in [1.165, 1.54) is 11.1 Å². The Hall–Kier alpha value is -1.51. The number of nitrogens with one attached hydrogen (secondary N) is 2. The van der Waals surface area contributed by atoms with Crippen LogP contribution in [-0.2, 0) is 0 Å². The van der Waals surface area contributed by atoms with E-state index in [0.717, 1.165) is 19.0 Å². The third-order valence-electron chi connectivity index (χ3n) is 2.97. The third-order valence-corrected chi connectivity index (χ3v) is 2.97. The topological polar surface area (TPSA) is 36.4 Å². The van der Waals surface area contributed by atoms with Gasteiger partial charge in [0.25, 0.3) is 0 Å². The smallest absolute Gasteiger partial charge is 0.191 e. The van der Waals surface area contributed by atoms with Crippen molar-refractivity contribution in [3.8, 4) is 0 Å². The highest BCUT2D eigenvalue weighted by Gasteiger charge is 2.12. The van der Waals surface area contributed by atoms with E-state index in [1.54, 1.807) is 0 Å². The van der Waals surface area contributed by atoms with Crippen molar-refractivity contribution in [2.75, 3.05) is 13.1 Å². The van der Waals surface area contributed by atoms with Gasteiger partial charge in [0.15, 0.2) is 5.96 Å². The van der Waals surface area contributed by atoms with E-state index < -0.39 is 0 Å². The maximum Gasteiger partial charge on any atom is 0.191 e. The van der Waals surface area contributed by atoms with Crippen LogP contribution in [0, 0.1) is 6.92 Å². The minimum Gasteiger partial charge on any atom is -0.357 e. The summed E-state index contributed by atoms with van der Waals surface area (Å²) in [7, 11) is 0. The molecule has 112 valence electrons. The van der Waals surface area contributed by atoms with Crippen LogP contribution in [-0.4, -0.2) is 24.6 Å². The summed E-state index contributed by atoms with van der Waals surface area (Å²) in [5, 5.41) is 6.71. The van der Waals surface area contributed by atoms with Crippen molar-refractivity contribution in [1.82, 2.24) is 10.6 Å². The van der Waals surface area contributed by atoms with Gasteiger partial charge in [0.2, 0.25) is 0 Å². The van der Waals surface area contributed by atoms with Gasteiger partial charge in [-0.25, -0.2) is 0 Å². The first-order chi connectivity index (χ1) is 9.31. The lowest BCUT2D eigenvalue weighted by Crippen LogP contribution is -2.47. The van der Waals surface area contributed by atoms with Gasteiger partial charge in [0, 0.05) is 24.5 Å². The first kappa shape index (κ1) is 16.5. The normalized spacial score (nSPS) is 14.0. The van der Waals surface area contributed by atoms with E-state index in [4.69, 9.17) is 4.99 Å². The number of aliphatic imine (C=N–C) groups is 1. The van der Waals surface area contributed by atoms with Gasteiger partial charge in [0.1, 0.15) is 0 Å². The molecule has 1 unspecified atom stereocenters. The van der Waals surface area contributed by atoms with Crippen molar-refractivity contribution < 1.29 is 0 Å². The van der Waals surface area contributed by atoms with E-state index in [2.05, 4.69) is 76.4 Å². The molecule has 0 fully saturated rings. The molecule has 0 aliphatic heterocycles. The van der Waals surface area contributed by atoms with E-state index >= 15 is 0 Å². The lowest BCUT2D eigenvalue weighted by Gasteiger charge is -2.24. The Balaban J connectivity index is 2.71. The summed E-state index contributed by atoms with van der Waals surface area (Å²) < 4.78 is 0. The Bertz CT molecular complexity index is 444. The molecule has 0 aliphatic rings. The zero-order chi connectivity index (χ0) is 15.2. The zero-order valence-electron chi connectivity index (χ0n) is 13.7. The van der Waals surface area contributed by atoms with Gasteiger partial charge in [-0.1, -0.05) is 36.8 Å². The van der Waals surface area contributed by atoms with Crippen molar-refractivity contribution in [2.45, 2.75) is 53.0 Å². The molecule has 0 amide bonds. The SMILES string of the molecule is CCNC(=NCC(C)c1cccc(C)c1)NC(C)(C)C. The third kappa shape index (κ3) is 6.09. The Morgan fingerprint density at radius 1 is 1.30 bits per heavy atom. The predicted molar refractivity (Wildman–Crippen MR) is 88.5 cm³/mol. The summed E-state index contributed by atoms with van der Waals surface area (Å²) in [5.41, 5.74) is 2.67. The Morgan fingerprint density at radius 2 is 2.00 bits per heavy atom. The molecule has 0 aliphatic carbocycles. The van der Waals surface area contributed by atoms with Gasteiger partial charge in [0.05, 0.1) is 0 Å². The summed E-state index contributed by atoms with van der Waals surface area (Å²) in [6.45, 7) is 14.5. The Morgan fingerprint density at radius 3 is 2.55 bits per heavy atom. The molecule has 2 N–H and O–H groups in total. The average molecular weight is 275 g/mol. The Labute approximate surface area is 123 Å². The number of hydrogen-bond acceptors (Lipinski definition) is 1. The molecule has 1 atom stereocenters. The highest BCUT2D eigenvalue weighted by molar-refractivity contribution is 5.80. The van der Waals surface area contributed by atoms with Gasteiger partial charge in [-0.15, -0.1) is 0 Å². The lowest BCUT2D eigenvalue weighted by atomic mass is 10.00. The van der Waals surface area contributed by atoms with Crippen molar-refractivity contribution in [2.24, 2.45) is 4.99 Å². The molecule has 0 radical (unpaired) electrons. The standard InChI is InChI=1S/C17H29N3/c1-7-18-16(20-17(4,5)6)19-12-14(3)15-10-8-9-13(2)11-15/h8-11,14H,7,12H2,1-6H3,(H2,18,19,20). The molecule has 1 aromatic rings. The summed E-state index contributed by atoms with van der Waals surface area (Å²) in [5.74, 6) is 1.31. The minimum atomic E-state index is 0.0214. The highest BCUT2D eigenvalue weighted by atomic mass is 15.2. The molecular weight excluding hydrogens is 246 g/mol. The fourth-order valence-electron chi connectivity index (χ4n) is 1.97. The van der Waals surface area contributed by atoms with Crippen LogP contribution < -0.4 is 10.6 Å². The molecule has 3 heteroatoms. The van der Waals surface area contributed by atoms with Gasteiger partial charge in [-0.3, -0.25) is 4.99 Å². The van der Waals surface area contributed by atoms with Crippen LogP contribution in [0.1, 0.15) is 51.7 Å². The van der Waals surface area contributed by atoms with E-state index in [-0.39, 0.29) is 5.54 Å². The molecule has 0 saturated heterocycles. The molecule has 0 aromatic heterocycles. The summed E-state index contributed by atoms with van der Waals surface area (Å²) in [4.78, 5) is 4.70. The average Bonchev–Trinajstić information content (AvgIpc) is 2.34. The second-order valence-electron chi connectivity index (χ2n) is 6.41. The largest absolute Gasteiger partial charge is 0.357 e. The maximum atomic E-state index is 4.70. The molecule has 0 saturated carbocycles.